The Hall–Kier alpha value is -2.32. The Balaban J connectivity index is 2.24. The Labute approximate surface area is 126 Å². The van der Waals surface area contributed by atoms with Crippen LogP contribution in [-0.4, -0.2) is 18.4 Å². The van der Waals surface area contributed by atoms with Gasteiger partial charge in [-0.2, -0.15) is 5.26 Å². The quantitative estimate of drug-likeness (QED) is 0.852. The van der Waals surface area contributed by atoms with Crippen LogP contribution in [0.1, 0.15) is 11.1 Å². The maximum Gasteiger partial charge on any atom is 0.123 e. The van der Waals surface area contributed by atoms with Crippen molar-refractivity contribution in [2.75, 3.05) is 14.2 Å². The second-order valence-electron chi connectivity index (χ2n) is 4.30. The SMILES string of the molecule is COc1ccc(S(=O)Cc2cc(C#N)ccc2OC)cc1. The number of benzene rings is 2. The number of nitriles is 1. The van der Waals surface area contributed by atoms with Gasteiger partial charge in [0.25, 0.3) is 0 Å². The summed E-state index contributed by atoms with van der Waals surface area (Å²) in [5.41, 5.74) is 1.28. The summed E-state index contributed by atoms with van der Waals surface area (Å²) in [5, 5.41) is 8.95. The largest absolute Gasteiger partial charge is 0.497 e. The Kier molecular flexibility index (Phi) is 4.96. The van der Waals surface area contributed by atoms with Crippen molar-refractivity contribution in [3.8, 4) is 17.6 Å². The highest BCUT2D eigenvalue weighted by molar-refractivity contribution is 7.84. The standard InChI is InChI=1S/C16H15NO3S/c1-19-14-4-6-15(7-5-14)21(18)11-13-9-12(10-17)3-8-16(13)20-2/h3-9H,11H2,1-2H3. The van der Waals surface area contributed by atoms with Gasteiger partial charge in [0.1, 0.15) is 11.5 Å². The molecule has 0 amide bonds. The zero-order chi connectivity index (χ0) is 15.2. The third kappa shape index (κ3) is 3.61. The van der Waals surface area contributed by atoms with Gasteiger partial charge in [-0.3, -0.25) is 4.21 Å². The van der Waals surface area contributed by atoms with Gasteiger partial charge < -0.3 is 9.47 Å². The first kappa shape index (κ1) is 15.1. The van der Waals surface area contributed by atoms with Gasteiger partial charge in [0.05, 0.1) is 42.4 Å². The highest BCUT2D eigenvalue weighted by atomic mass is 32.2. The summed E-state index contributed by atoms with van der Waals surface area (Å²) in [7, 11) is 1.93. The van der Waals surface area contributed by atoms with Crippen molar-refractivity contribution >= 4 is 10.8 Å². The predicted octanol–water partition coefficient (Wildman–Crippen LogP) is 2.88. The summed E-state index contributed by atoms with van der Waals surface area (Å²) >= 11 is 0. The zero-order valence-corrected chi connectivity index (χ0v) is 12.6. The van der Waals surface area contributed by atoms with E-state index in [9.17, 15) is 4.21 Å². The van der Waals surface area contributed by atoms with Gasteiger partial charge in [0.2, 0.25) is 0 Å². The predicted molar refractivity (Wildman–Crippen MR) is 80.8 cm³/mol. The molecule has 0 aliphatic carbocycles. The third-order valence-corrected chi connectivity index (χ3v) is 4.39. The van der Waals surface area contributed by atoms with Crippen LogP contribution in [0.5, 0.6) is 11.5 Å². The molecule has 108 valence electrons. The number of nitrogens with zero attached hydrogens (tertiary/aromatic N) is 1. The van der Waals surface area contributed by atoms with E-state index in [1.165, 1.54) is 0 Å². The molecule has 0 radical (unpaired) electrons. The maximum atomic E-state index is 12.4. The van der Waals surface area contributed by atoms with E-state index in [0.29, 0.717) is 22.0 Å². The van der Waals surface area contributed by atoms with Crippen molar-refractivity contribution in [2.45, 2.75) is 10.6 Å². The molecule has 2 rings (SSSR count). The summed E-state index contributed by atoms with van der Waals surface area (Å²) in [6.07, 6.45) is 0. The highest BCUT2D eigenvalue weighted by Gasteiger charge is 2.11. The number of rotatable bonds is 5. The van der Waals surface area contributed by atoms with Crippen LogP contribution >= 0.6 is 0 Å². The lowest BCUT2D eigenvalue weighted by Crippen LogP contribution is -2.00. The Morgan fingerprint density at radius 3 is 2.38 bits per heavy atom. The Bertz CT molecular complexity index is 690. The molecule has 0 aromatic heterocycles. The molecule has 0 fully saturated rings. The van der Waals surface area contributed by atoms with Gasteiger partial charge in [-0.05, 0) is 42.5 Å². The molecule has 0 heterocycles. The normalized spacial score (nSPS) is 11.5. The van der Waals surface area contributed by atoms with Crippen molar-refractivity contribution in [1.82, 2.24) is 0 Å². The Morgan fingerprint density at radius 1 is 1.10 bits per heavy atom. The molecular formula is C16H15NO3S. The second-order valence-corrected chi connectivity index (χ2v) is 5.75. The lowest BCUT2D eigenvalue weighted by atomic mass is 10.1. The van der Waals surface area contributed by atoms with Gasteiger partial charge in [0.15, 0.2) is 0 Å². The smallest absolute Gasteiger partial charge is 0.123 e. The number of hydrogen-bond acceptors (Lipinski definition) is 4. The molecule has 2 aromatic rings. The van der Waals surface area contributed by atoms with Gasteiger partial charge >= 0.3 is 0 Å². The maximum absolute atomic E-state index is 12.4. The highest BCUT2D eigenvalue weighted by Crippen LogP contribution is 2.24. The lowest BCUT2D eigenvalue weighted by molar-refractivity contribution is 0.411. The minimum absolute atomic E-state index is 0.297. The first-order chi connectivity index (χ1) is 10.2. The average molecular weight is 301 g/mol. The van der Waals surface area contributed by atoms with Crippen molar-refractivity contribution in [3.05, 3.63) is 53.6 Å². The van der Waals surface area contributed by atoms with E-state index in [-0.39, 0.29) is 0 Å². The number of methoxy groups -OCH3 is 2. The molecule has 5 heteroatoms. The lowest BCUT2D eigenvalue weighted by Gasteiger charge is -2.09. The topological polar surface area (TPSA) is 59.3 Å². The van der Waals surface area contributed by atoms with E-state index in [1.54, 1.807) is 56.7 Å². The summed E-state index contributed by atoms with van der Waals surface area (Å²) in [5.74, 6) is 1.65. The molecule has 0 N–H and O–H groups in total. The summed E-state index contributed by atoms with van der Waals surface area (Å²) in [6, 6.07) is 14.3. The first-order valence-electron chi connectivity index (χ1n) is 6.27. The molecule has 0 spiro atoms. The van der Waals surface area contributed by atoms with Gasteiger partial charge in [-0.25, -0.2) is 0 Å². The molecule has 1 atom stereocenters. The fraction of sp³-hybridized carbons (Fsp3) is 0.188. The summed E-state index contributed by atoms with van der Waals surface area (Å²) in [6.45, 7) is 0. The molecule has 0 saturated carbocycles. The van der Waals surface area contributed by atoms with Gasteiger partial charge in [0, 0.05) is 10.5 Å². The van der Waals surface area contributed by atoms with E-state index in [4.69, 9.17) is 14.7 Å². The van der Waals surface area contributed by atoms with Crippen molar-refractivity contribution in [3.63, 3.8) is 0 Å². The Morgan fingerprint density at radius 2 is 1.81 bits per heavy atom. The van der Waals surface area contributed by atoms with Gasteiger partial charge in [-0.1, -0.05) is 0 Å². The van der Waals surface area contributed by atoms with Crippen LogP contribution in [0, 0.1) is 11.3 Å². The van der Waals surface area contributed by atoms with Crippen LogP contribution in [0.15, 0.2) is 47.4 Å². The number of ether oxygens (including phenoxy) is 2. The van der Waals surface area contributed by atoms with Crippen LogP contribution in [0.4, 0.5) is 0 Å². The van der Waals surface area contributed by atoms with Crippen molar-refractivity contribution < 1.29 is 13.7 Å². The molecule has 0 aliphatic rings. The zero-order valence-electron chi connectivity index (χ0n) is 11.8. The van der Waals surface area contributed by atoms with E-state index in [1.807, 2.05) is 0 Å². The number of hydrogen-bond donors (Lipinski definition) is 0. The molecular weight excluding hydrogens is 286 g/mol. The molecule has 1 unspecified atom stereocenters. The monoisotopic (exact) mass is 301 g/mol. The van der Waals surface area contributed by atoms with Crippen LogP contribution < -0.4 is 9.47 Å². The van der Waals surface area contributed by atoms with Gasteiger partial charge in [-0.15, -0.1) is 0 Å². The molecule has 0 bridgehead atoms. The molecule has 21 heavy (non-hydrogen) atoms. The second kappa shape index (κ2) is 6.91. The van der Waals surface area contributed by atoms with Crippen LogP contribution in [0.2, 0.25) is 0 Å². The van der Waals surface area contributed by atoms with E-state index >= 15 is 0 Å². The fourth-order valence-electron chi connectivity index (χ4n) is 1.91. The summed E-state index contributed by atoms with van der Waals surface area (Å²) < 4.78 is 22.7. The molecule has 2 aromatic carbocycles. The fourth-order valence-corrected chi connectivity index (χ4v) is 3.03. The van der Waals surface area contributed by atoms with Crippen molar-refractivity contribution in [2.24, 2.45) is 0 Å². The first-order valence-corrected chi connectivity index (χ1v) is 7.59. The van der Waals surface area contributed by atoms with Crippen molar-refractivity contribution in [1.29, 1.82) is 5.26 Å². The molecule has 4 nitrogen and oxygen atoms in total. The van der Waals surface area contributed by atoms with Crippen LogP contribution in [-0.2, 0) is 16.6 Å². The molecule has 0 aliphatic heterocycles. The van der Waals surface area contributed by atoms with Crippen LogP contribution in [0.3, 0.4) is 0 Å². The summed E-state index contributed by atoms with van der Waals surface area (Å²) in [4.78, 5) is 0.709. The minimum atomic E-state index is -1.21. The van der Waals surface area contributed by atoms with E-state index in [0.717, 1.165) is 11.3 Å². The van der Waals surface area contributed by atoms with E-state index in [2.05, 4.69) is 6.07 Å². The van der Waals surface area contributed by atoms with E-state index < -0.39 is 10.8 Å². The third-order valence-electron chi connectivity index (χ3n) is 3.02. The minimum Gasteiger partial charge on any atom is -0.497 e. The molecule has 0 saturated heterocycles. The average Bonchev–Trinajstić information content (AvgIpc) is 2.54. The van der Waals surface area contributed by atoms with Crippen LogP contribution in [0.25, 0.3) is 0 Å².